The van der Waals surface area contributed by atoms with Gasteiger partial charge in [0.25, 0.3) is 5.91 Å². The number of nitrogens with zero attached hydrogens (tertiary/aromatic N) is 2. The highest BCUT2D eigenvalue weighted by atomic mass is 35.5. The van der Waals surface area contributed by atoms with Crippen LogP contribution in [0.4, 0.5) is 4.79 Å². The van der Waals surface area contributed by atoms with Crippen molar-refractivity contribution in [2.24, 2.45) is 5.92 Å². The maximum Gasteiger partial charge on any atom is 0.408 e. The Morgan fingerprint density at radius 3 is 2.65 bits per heavy atom. The van der Waals surface area contributed by atoms with Gasteiger partial charge in [-0.1, -0.05) is 36.6 Å². The van der Waals surface area contributed by atoms with Crippen molar-refractivity contribution in [3.05, 3.63) is 35.4 Å². The zero-order chi connectivity index (χ0) is 35.1. The normalized spacial score (nSPS) is 28.7. The van der Waals surface area contributed by atoms with Crippen LogP contribution in [0.5, 0.6) is 6.08 Å². The van der Waals surface area contributed by atoms with Crippen LogP contribution in [0.3, 0.4) is 0 Å². The average Bonchev–Trinajstić information content (AvgIpc) is 3.90. The number of fused-ring (bicyclic) bond motifs is 3. The van der Waals surface area contributed by atoms with Gasteiger partial charge >= 0.3 is 12.2 Å². The van der Waals surface area contributed by atoms with Gasteiger partial charge in [-0.3, -0.25) is 19.1 Å². The number of ether oxygens (including phenoxy) is 2. The van der Waals surface area contributed by atoms with Crippen molar-refractivity contribution in [2.75, 3.05) is 6.54 Å². The van der Waals surface area contributed by atoms with Crippen molar-refractivity contribution < 1.29 is 41.5 Å². The highest BCUT2D eigenvalue weighted by Crippen LogP contribution is 2.46. The van der Waals surface area contributed by atoms with E-state index in [1.807, 2.05) is 12.2 Å². The molecule has 2 saturated carbocycles. The number of carbonyl (C=O) groups is 4. The Labute approximate surface area is 289 Å². The minimum Gasteiger partial charge on any atom is -0.445 e. The monoisotopic (exact) mass is 719 g/mol. The highest BCUT2D eigenvalue weighted by molar-refractivity contribution is 7.91. The standard InChI is InChI=1S/C33H42ClN5O9S/c1-32(2,3)48-30(43)35-24-10-8-6-4-5-7-9-19-17-33(19,29(42)38-49(44,45)22-12-13-22)37-27(40)25-16-21(18-39(25)28(24)41)46-31-36-23-14-11-20(34)15-26(23)47-31/h7,9,11,14-15,19,21-22,24-25H,4-6,8,10,12-13,16-18H2,1-3H3,(H,35,43)(H,37,40)(H,38,42)/b9-7-/t19-,21-,24+,25+,33-/m1/s1. The molecule has 1 aromatic carbocycles. The molecule has 266 valence electrons. The van der Waals surface area contributed by atoms with Crippen LogP contribution in [0.25, 0.3) is 11.1 Å². The third kappa shape index (κ3) is 8.14. The number of carbonyl (C=O) groups excluding carboxylic acids is 4. The number of nitrogens with one attached hydrogen (secondary N) is 3. The van der Waals surface area contributed by atoms with Gasteiger partial charge in [0.15, 0.2) is 5.58 Å². The van der Waals surface area contributed by atoms with Gasteiger partial charge in [-0.15, -0.1) is 0 Å². The molecule has 0 spiro atoms. The fourth-order valence-corrected chi connectivity index (χ4v) is 7.89. The van der Waals surface area contributed by atoms with E-state index in [0.717, 1.165) is 12.8 Å². The maximum absolute atomic E-state index is 14.3. The number of oxazole rings is 1. The van der Waals surface area contributed by atoms with Crippen LogP contribution in [0.15, 0.2) is 34.8 Å². The summed E-state index contributed by atoms with van der Waals surface area (Å²) >= 11 is 6.09. The second-order valence-corrected chi connectivity index (χ2v) is 16.7. The summed E-state index contributed by atoms with van der Waals surface area (Å²) in [6.07, 6.45) is 6.50. The second kappa shape index (κ2) is 13.5. The summed E-state index contributed by atoms with van der Waals surface area (Å²) in [5.74, 6) is -2.40. The molecule has 3 heterocycles. The van der Waals surface area contributed by atoms with E-state index in [1.54, 1.807) is 39.0 Å². The van der Waals surface area contributed by atoms with Crippen molar-refractivity contribution in [1.29, 1.82) is 0 Å². The number of benzene rings is 1. The van der Waals surface area contributed by atoms with E-state index in [4.69, 9.17) is 25.5 Å². The Kier molecular flexibility index (Phi) is 9.61. The van der Waals surface area contributed by atoms with E-state index in [2.05, 4.69) is 20.3 Å². The Hall–Kier alpha value is -3.85. The number of sulfonamides is 1. The van der Waals surface area contributed by atoms with E-state index in [1.165, 1.54) is 4.90 Å². The first-order valence-electron chi connectivity index (χ1n) is 16.7. The molecule has 16 heteroatoms. The van der Waals surface area contributed by atoms with Crippen LogP contribution in [0.1, 0.15) is 78.6 Å². The van der Waals surface area contributed by atoms with E-state index in [9.17, 15) is 27.6 Å². The Morgan fingerprint density at radius 2 is 1.92 bits per heavy atom. The lowest BCUT2D eigenvalue weighted by molar-refractivity contribution is -0.141. The third-order valence-corrected chi connectivity index (χ3v) is 11.2. The van der Waals surface area contributed by atoms with Crippen LogP contribution in [0, 0.1) is 5.92 Å². The van der Waals surface area contributed by atoms with Crippen molar-refractivity contribution in [3.63, 3.8) is 0 Å². The largest absolute Gasteiger partial charge is 0.445 e. The molecule has 3 fully saturated rings. The van der Waals surface area contributed by atoms with Gasteiger partial charge in [-0.05, 0) is 71.4 Å². The number of hydrogen-bond donors (Lipinski definition) is 3. The molecule has 1 aromatic heterocycles. The fraction of sp³-hybridized carbons (Fsp3) is 0.606. The molecule has 0 radical (unpaired) electrons. The topological polar surface area (TPSA) is 186 Å². The number of alkyl carbamates (subject to hydrolysis) is 1. The molecule has 49 heavy (non-hydrogen) atoms. The van der Waals surface area contributed by atoms with Crippen molar-refractivity contribution in [3.8, 4) is 6.08 Å². The quantitative estimate of drug-likeness (QED) is 0.372. The van der Waals surface area contributed by atoms with Gasteiger partial charge in [0, 0.05) is 23.4 Å². The Morgan fingerprint density at radius 1 is 1.14 bits per heavy atom. The number of rotatable bonds is 6. The molecule has 4 amide bonds. The fourth-order valence-electron chi connectivity index (χ4n) is 6.37. The number of aromatic nitrogens is 1. The van der Waals surface area contributed by atoms with Gasteiger partial charge < -0.3 is 29.4 Å². The van der Waals surface area contributed by atoms with Crippen molar-refractivity contribution in [1.82, 2.24) is 25.2 Å². The molecule has 2 aromatic rings. The maximum atomic E-state index is 14.3. The lowest BCUT2D eigenvalue weighted by atomic mass is 10.0. The van der Waals surface area contributed by atoms with Gasteiger partial charge in [-0.2, -0.15) is 4.98 Å². The van der Waals surface area contributed by atoms with E-state index in [0.29, 0.717) is 48.2 Å². The summed E-state index contributed by atoms with van der Waals surface area (Å²) in [4.78, 5) is 60.5. The number of allylic oxidation sites excluding steroid dienone is 1. The molecule has 2 aliphatic carbocycles. The molecular formula is C33H42ClN5O9S. The number of halogens is 1. The minimum absolute atomic E-state index is 0.00872. The molecule has 6 rings (SSSR count). The van der Waals surface area contributed by atoms with E-state index < -0.39 is 74.3 Å². The molecule has 0 unspecified atom stereocenters. The summed E-state index contributed by atoms with van der Waals surface area (Å²) in [7, 11) is -3.88. The summed E-state index contributed by atoms with van der Waals surface area (Å²) in [5.41, 5.74) is -1.41. The second-order valence-electron chi connectivity index (χ2n) is 14.3. The first-order valence-corrected chi connectivity index (χ1v) is 18.6. The van der Waals surface area contributed by atoms with E-state index in [-0.39, 0.29) is 25.5 Å². The van der Waals surface area contributed by atoms with Crippen LogP contribution < -0.4 is 20.1 Å². The van der Waals surface area contributed by atoms with Crippen LogP contribution in [0.2, 0.25) is 5.02 Å². The number of hydrogen-bond acceptors (Lipinski definition) is 10. The summed E-state index contributed by atoms with van der Waals surface area (Å²) in [6.45, 7) is 5.10. The van der Waals surface area contributed by atoms with Gasteiger partial charge in [0.1, 0.15) is 34.8 Å². The van der Waals surface area contributed by atoms with Gasteiger partial charge in [0.05, 0.1) is 11.8 Å². The van der Waals surface area contributed by atoms with Gasteiger partial charge in [-0.25, -0.2) is 13.2 Å². The molecule has 14 nitrogen and oxygen atoms in total. The predicted octanol–water partition coefficient (Wildman–Crippen LogP) is 3.73. The zero-order valence-electron chi connectivity index (χ0n) is 27.7. The van der Waals surface area contributed by atoms with Crippen LogP contribution >= 0.6 is 11.6 Å². The first-order chi connectivity index (χ1) is 23.1. The summed E-state index contributed by atoms with van der Waals surface area (Å²) < 4.78 is 44.9. The Balaban J connectivity index is 1.28. The molecule has 3 N–H and O–H groups in total. The molecule has 1 saturated heterocycles. The SMILES string of the molecule is CC(C)(C)OC(=O)N[C@H]1CCCCC/C=C\[C@@H]2C[C@@]2(C(=O)NS(=O)(=O)C2CC2)NC(=O)[C@@H]2C[C@@H](Oc3nc4ccc(Cl)cc4o3)CN2C1=O. The minimum atomic E-state index is -3.88. The third-order valence-electron chi connectivity index (χ3n) is 9.13. The molecule has 0 bridgehead atoms. The number of amides is 4. The molecule has 4 aliphatic rings. The highest BCUT2D eigenvalue weighted by Gasteiger charge is 2.62. The average molecular weight is 720 g/mol. The van der Waals surface area contributed by atoms with Gasteiger partial charge in [0.2, 0.25) is 21.8 Å². The molecule has 5 atom stereocenters. The smallest absolute Gasteiger partial charge is 0.408 e. The first kappa shape index (κ1) is 35.0. The van der Waals surface area contributed by atoms with Crippen molar-refractivity contribution in [2.45, 2.75) is 113 Å². The molecule has 2 aliphatic heterocycles. The predicted molar refractivity (Wildman–Crippen MR) is 178 cm³/mol. The lowest BCUT2D eigenvalue weighted by Crippen LogP contribution is -2.58. The van der Waals surface area contributed by atoms with E-state index >= 15 is 0 Å². The zero-order valence-corrected chi connectivity index (χ0v) is 29.3. The Bertz CT molecular complexity index is 1770. The summed E-state index contributed by atoms with van der Waals surface area (Å²) in [6, 6.07) is 2.79. The van der Waals surface area contributed by atoms with Crippen LogP contribution in [-0.2, 0) is 29.1 Å². The molecular weight excluding hydrogens is 678 g/mol. The van der Waals surface area contributed by atoms with Crippen LogP contribution in [-0.4, -0.2) is 83.2 Å². The van der Waals surface area contributed by atoms with Crippen molar-refractivity contribution >= 4 is 56.5 Å². The lowest BCUT2D eigenvalue weighted by Gasteiger charge is -2.30. The summed E-state index contributed by atoms with van der Waals surface area (Å²) in [5, 5.41) is 5.35.